The quantitative estimate of drug-likeness (QED) is 0.686. The van der Waals surface area contributed by atoms with Crippen molar-refractivity contribution in [1.29, 1.82) is 0 Å². The molecular weight excluding hydrogens is 196 g/mol. The summed E-state index contributed by atoms with van der Waals surface area (Å²) in [4.78, 5) is 8.70. The maximum Gasteiger partial charge on any atom is 0.120 e. The van der Waals surface area contributed by atoms with Crippen molar-refractivity contribution >= 4 is 11.5 Å². The molecule has 1 heterocycles. The van der Waals surface area contributed by atoms with Gasteiger partial charge in [0.1, 0.15) is 5.84 Å². The predicted octanol–water partition coefficient (Wildman–Crippen LogP) is 3.21. The first-order valence-corrected chi connectivity index (χ1v) is 5.66. The molecule has 1 aromatic carbocycles. The van der Waals surface area contributed by atoms with E-state index in [1.165, 1.54) is 11.1 Å². The minimum absolute atomic E-state index is 0.211. The SMILES string of the molecule is CC1=NCC(c2ccc(C(C)(C)C)cc2)=N1. The van der Waals surface area contributed by atoms with Gasteiger partial charge in [-0.2, -0.15) is 0 Å². The number of nitrogens with zero attached hydrogens (tertiary/aromatic N) is 2. The maximum absolute atomic E-state index is 4.42. The lowest BCUT2D eigenvalue weighted by Crippen LogP contribution is -2.11. The van der Waals surface area contributed by atoms with Gasteiger partial charge < -0.3 is 0 Å². The lowest BCUT2D eigenvalue weighted by molar-refractivity contribution is 0.590. The third-order valence-electron chi connectivity index (χ3n) is 2.84. The van der Waals surface area contributed by atoms with Crippen LogP contribution < -0.4 is 0 Å². The standard InChI is InChI=1S/C14H18N2/c1-10-15-9-13(16-10)11-5-7-12(8-6-11)14(2,3)4/h5-8H,9H2,1-4H3. The number of amidine groups is 1. The van der Waals surface area contributed by atoms with Crippen LogP contribution in [0, 0.1) is 0 Å². The molecule has 1 aromatic rings. The van der Waals surface area contributed by atoms with E-state index in [-0.39, 0.29) is 5.41 Å². The van der Waals surface area contributed by atoms with Crippen LogP contribution in [-0.2, 0) is 5.41 Å². The van der Waals surface area contributed by atoms with E-state index >= 15 is 0 Å². The van der Waals surface area contributed by atoms with Gasteiger partial charge in [0.15, 0.2) is 0 Å². The second-order valence-corrected chi connectivity index (χ2v) is 5.25. The predicted molar refractivity (Wildman–Crippen MR) is 69.7 cm³/mol. The average molecular weight is 214 g/mol. The molecule has 0 bridgehead atoms. The average Bonchev–Trinajstić information content (AvgIpc) is 2.64. The third kappa shape index (κ3) is 2.21. The topological polar surface area (TPSA) is 24.7 Å². The fourth-order valence-electron chi connectivity index (χ4n) is 1.77. The summed E-state index contributed by atoms with van der Waals surface area (Å²) in [5.74, 6) is 0.884. The highest BCUT2D eigenvalue weighted by molar-refractivity contribution is 6.12. The van der Waals surface area contributed by atoms with Gasteiger partial charge in [0, 0.05) is 0 Å². The molecule has 16 heavy (non-hydrogen) atoms. The molecule has 0 amide bonds. The number of rotatable bonds is 1. The van der Waals surface area contributed by atoms with Crippen LogP contribution in [0.2, 0.25) is 0 Å². The molecule has 84 valence electrons. The smallest absolute Gasteiger partial charge is 0.120 e. The molecule has 2 rings (SSSR count). The van der Waals surface area contributed by atoms with E-state index in [9.17, 15) is 0 Å². The van der Waals surface area contributed by atoms with Crippen LogP contribution >= 0.6 is 0 Å². The lowest BCUT2D eigenvalue weighted by atomic mass is 9.86. The number of hydrogen-bond acceptors (Lipinski definition) is 2. The van der Waals surface area contributed by atoms with Crippen molar-refractivity contribution in [3.05, 3.63) is 35.4 Å². The summed E-state index contributed by atoms with van der Waals surface area (Å²) in [5, 5.41) is 0. The van der Waals surface area contributed by atoms with E-state index in [1.807, 2.05) is 6.92 Å². The number of hydrogen-bond donors (Lipinski definition) is 0. The Morgan fingerprint density at radius 1 is 1.06 bits per heavy atom. The van der Waals surface area contributed by atoms with Crippen LogP contribution in [0.4, 0.5) is 0 Å². The van der Waals surface area contributed by atoms with E-state index in [0.29, 0.717) is 0 Å². The van der Waals surface area contributed by atoms with Crippen molar-refractivity contribution in [2.24, 2.45) is 9.98 Å². The third-order valence-corrected chi connectivity index (χ3v) is 2.84. The van der Waals surface area contributed by atoms with Gasteiger partial charge in [0.2, 0.25) is 0 Å². The molecular formula is C14H18N2. The summed E-state index contributed by atoms with van der Waals surface area (Å²) in [7, 11) is 0. The Balaban J connectivity index is 2.24. The first-order chi connectivity index (χ1) is 7.47. The van der Waals surface area contributed by atoms with E-state index in [4.69, 9.17) is 0 Å². The molecule has 2 heteroatoms. The van der Waals surface area contributed by atoms with Gasteiger partial charge in [-0.15, -0.1) is 0 Å². The van der Waals surface area contributed by atoms with E-state index in [2.05, 4.69) is 55.0 Å². The fourth-order valence-corrected chi connectivity index (χ4v) is 1.77. The molecule has 0 saturated carbocycles. The molecule has 0 spiro atoms. The monoisotopic (exact) mass is 214 g/mol. The van der Waals surface area contributed by atoms with Gasteiger partial charge in [-0.1, -0.05) is 45.0 Å². The summed E-state index contributed by atoms with van der Waals surface area (Å²) in [6.45, 7) is 9.34. The second-order valence-electron chi connectivity index (χ2n) is 5.25. The molecule has 0 radical (unpaired) electrons. The summed E-state index contributed by atoms with van der Waals surface area (Å²) in [5.41, 5.74) is 3.83. The van der Waals surface area contributed by atoms with Gasteiger partial charge in [0.25, 0.3) is 0 Å². The summed E-state index contributed by atoms with van der Waals surface area (Å²) in [6.07, 6.45) is 0. The zero-order valence-electron chi connectivity index (χ0n) is 10.4. The molecule has 0 unspecified atom stereocenters. The van der Waals surface area contributed by atoms with Crippen LogP contribution in [0.1, 0.15) is 38.8 Å². The van der Waals surface area contributed by atoms with Crippen molar-refractivity contribution in [3.63, 3.8) is 0 Å². The largest absolute Gasteiger partial charge is 0.264 e. The minimum Gasteiger partial charge on any atom is -0.264 e. The Hall–Kier alpha value is -1.44. The van der Waals surface area contributed by atoms with Crippen molar-refractivity contribution in [2.45, 2.75) is 33.1 Å². The van der Waals surface area contributed by atoms with Crippen molar-refractivity contribution in [1.82, 2.24) is 0 Å². The van der Waals surface area contributed by atoms with E-state index in [1.54, 1.807) is 0 Å². The number of benzene rings is 1. The maximum atomic E-state index is 4.42. The Kier molecular flexibility index (Phi) is 2.66. The van der Waals surface area contributed by atoms with Gasteiger partial charge in [-0.05, 0) is 23.5 Å². The number of aliphatic imine (C=N–C) groups is 2. The van der Waals surface area contributed by atoms with E-state index in [0.717, 1.165) is 18.1 Å². The summed E-state index contributed by atoms with van der Waals surface area (Å²) >= 11 is 0. The van der Waals surface area contributed by atoms with Crippen LogP contribution in [0.25, 0.3) is 0 Å². The molecule has 0 atom stereocenters. The summed E-state index contributed by atoms with van der Waals surface area (Å²) in [6, 6.07) is 8.66. The zero-order chi connectivity index (χ0) is 11.8. The van der Waals surface area contributed by atoms with Crippen LogP contribution in [0.15, 0.2) is 34.3 Å². The highest BCUT2D eigenvalue weighted by Gasteiger charge is 2.14. The van der Waals surface area contributed by atoms with Gasteiger partial charge in [-0.25, -0.2) is 4.99 Å². The highest BCUT2D eigenvalue weighted by atomic mass is 15.0. The first-order valence-electron chi connectivity index (χ1n) is 5.66. The van der Waals surface area contributed by atoms with Crippen molar-refractivity contribution in [3.8, 4) is 0 Å². The van der Waals surface area contributed by atoms with Crippen molar-refractivity contribution < 1.29 is 0 Å². The molecule has 1 aliphatic rings. The Labute approximate surface area is 97.1 Å². The Morgan fingerprint density at radius 2 is 1.69 bits per heavy atom. The molecule has 1 aliphatic heterocycles. The Morgan fingerprint density at radius 3 is 2.12 bits per heavy atom. The molecule has 0 aromatic heterocycles. The molecule has 0 N–H and O–H groups in total. The zero-order valence-corrected chi connectivity index (χ0v) is 10.4. The minimum atomic E-state index is 0.211. The summed E-state index contributed by atoms with van der Waals surface area (Å²) < 4.78 is 0. The van der Waals surface area contributed by atoms with Gasteiger partial charge in [-0.3, -0.25) is 4.99 Å². The molecule has 0 aliphatic carbocycles. The second kappa shape index (κ2) is 3.85. The highest BCUT2D eigenvalue weighted by Crippen LogP contribution is 2.22. The first kappa shape index (κ1) is 11.1. The van der Waals surface area contributed by atoms with Crippen LogP contribution in [-0.4, -0.2) is 18.1 Å². The van der Waals surface area contributed by atoms with Crippen molar-refractivity contribution in [2.75, 3.05) is 6.54 Å². The normalized spacial score (nSPS) is 16.0. The van der Waals surface area contributed by atoms with Crippen LogP contribution in [0.5, 0.6) is 0 Å². The molecule has 2 nitrogen and oxygen atoms in total. The lowest BCUT2D eigenvalue weighted by Gasteiger charge is -2.19. The van der Waals surface area contributed by atoms with Gasteiger partial charge >= 0.3 is 0 Å². The van der Waals surface area contributed by atoms with E-state index < -0.39 is 0 Å². The Bertz CT molecular complexity index is 445. The fraction of sp³-hybridized carbons (Fsp3) is 0.429. The van der Waals surface area contributed by atoms with Crippen LogP contribution in [0.3, 0.4) is 0 Å². The molecule has 0 saturated heterocycles. The van der Waals surface area contributed by atoms with Gasteiger partial charge in [0.05, 0.1) is 12.3 Å². The molecule has 0 fully saturated rings.